The largest absolute Gasteiger partial charge is 0.465 e. The molecule has 0 radical (unpaired) electrons. The van der Waals surface area contributed by atoms with Crippen LogP contribution in [-0.4, -0.2) is 22.5 Å². The van der Waals surface area contributed by atoms with E-state index in [1.807, 2.05) is 19.9 Å². The van der Waals surface area contributed by atoms with Crippen LogP contribution in [-0.2, 0) is 9.59 Å². The summed E-state index contributed by atoms with van der Waals surface area (Å²) in [4.78, 5) is 25.8. The summed E-state index contributed by atoms with van der Waals surface area (Å²) in [5, 5.41) is 12.2. The fraction of sp³-hybridized carbons (Fsp3) is 0.391. The molecule has 0 aliphatic carbocycles. The van der Waals surface area contributed by atoms with Crippen molar-refractivity contribution in [3.8, 4) is 0 Å². The monoisotopic (exact) mass is 398 g/mol. The number of nitrogens with zero attached hydrogens (tertiary/aromatic N) is 1. The molecule has 0 aliphatic heterocycles. The highest BCUT2D eigenvalue weighted by Gasteiger charge is 2.36. The van der Waals surface area contributed by atoms with Gasteiger partial charge >= 0.3 is 0 Å². The van der Waals surface area contributed by atoms with E-state index in [-0.39, 0.29) is 0 Å². The molecule has 1 aromatic carbocycles. The van der Waals surface area contributed by atoms with Crippen LogP contribution in [0.4, 0.5) is 5.69 Å². The Balaban J connectivity index is 2.23. The fourth-order valence-corrected chi connectivity index (χ4v) is 2.93. The van der Waals surface area contributed by atoms with E-state index in [0.29, 0.717) is 24.3 Å². The predicted molar refractivity (Wildman–Crippen MR) is 114 cm³/mol. The van der Waals surface area contributed by atoms with Crippen molar-refractivity contribution in [2.75, 3.05) is 5.01 Å². The third-order valence-corrected chi connectivity index (χ3v) is 4.69. The van der Waals surface area contributed by atoms with E-state index in [4.69, 9.17) is 4.42 Å². The molecule has 2 amide bonds. The highest BCUT2D eigenvalue weighted by Crippen LogP contribution is 2.23. The van der Waals surface area contributed by atoms with Gasteiger partial charge < -0.3 is 9.52 Å². The van der Waals surface area contributed by atoms with E-state index < -0.39 is 17.4 Å². The summed E-state index contributed by atoms with van der Waals surface area (Å²) in [6, 6.07) is 12.3. The summed E-state index contributed by atoms with van der Waals surface area (Å²) in [5.74, 6) is -0.489. The molecule has 0 saturated carbocycles. The highest BCUT2D eigenvalue weighted by atomic mass is 16.3. The van der Waals surface area contributed by atoms with Gasteiger partial charge in [0.25, 0.3) is 11.8 Å². The summed E-state index contributed by atoms with van der Waals surface area (Å²) < 4.78 is 5.21. The molecule has 1 heterocycles. The Morgan fingerprint density at radius 1 is 1.07 bits per heavy atom. The van der Waals surface area contributed by atoms with Crippen LogP contribution in [0.2, 0.25) is 0 Å². The van der Waals surface area contributed by atoms with E-state index in [2.05, 4.69) is 5.43 Å². The van der Waals surface area contributed by atoms with Gasteiger partial charge in [0.05, 0.1) is 12.0 Å². The van der Waals surface area contributed by atoms with Crippen molar-refractivity contribution in [1.29, 1.82) is 0 Å². The lowest BCUT2D eigenvalue weighted by atomic mass is 9.90. The third kappa shape index (κ3) is 6.61. The summed E-state index contributed by atoms with van der Waals surface area (Å²) >= 11 is 0. The molecule has 2 aromatic rings. The maximum absolute atomic E-state index is 13.0. The molecule has 2 rings (SSSR count). The van der Waals surface area contributed by atoms with Gasteiger partial charge in [0, 0.05) is 6.08 Å². The van der Waals surface area contributed by atoms with Gasteiger partial charge in [0.1, 0.15) is 11.4 Å². The number of benzene rings is 1. The Morgan fingerprint density at radius 2 is 1.72 bits per heavy atom. The van der Waals surface area contributed by atoms with Crippen LogP contribution in [0.15, 0.2) is 59.2 Å². The normalized spacial score (nSPS) is 11.6. The molecule has 156 valence electrons. The SMILES string of the molecule is CCCCC(O)(CCCC)C(=O)NN(C(=O)/C=C\c1ccco1)c1ccccc1. The first kappa shape index (κ1) is 22.4. The van der Waals surface area contributed by atoms with Crippen LogP contribution in [0.3, 0.4) is 0 Å². The molecule has 0 saturated heterocycles. The maximum atomic E-state index is 13.0. The zero-order chi connectivity index (χ0) is 21.1. The summed E-state index contributed by atoms with van der Waals surface area (Å²) in [7, 11) is 0. The average molecular weight is 399 g/mol. The topological polar surface area (TPSA) is 82.8 Å². The summed E-state index contributed by atoms with van der Waals surface area (Å²) in [5.41, 5.74) is 1.63. The first-order chi connectivity index (χ1) is 14.0. The number of hydrazine groups is 1. The van der Waals surface area contributed by atoms with Gasteiger partial charge in [-0.2, -0.15) is 0 Å². The van der Waals surface area contributed by atoms with Gasteiger partial charge in [-0.15, -0.1) is 0 Å². The van der Waals surface area contributed by atoms with Gasteiger partial charge in [0.15, 0.2) is 0 Å². The fourth-order valence-electron chi connectivity index (χ4n) is 2.93. The van der Waals surface area contributed by atoms with Crippen molar-refractivity contribution in [3.63, 3.8) is 0 Å². The Morgan fingerprint density at radius 3 is 2.28 bits per heavy atom. The number of aliphatic hydroxyl groups is 1. The van der Waals surface area contributed by atoms with Gasteiger partial charge in [-0.1, -0.05) is 57.7 Å². The van der Waals surface area contributed by atoms with E-state index in [1.54, 1.807) is 36.4 Å². The highest BCUT2D eigenvalue weighted by molar-refractivity contribution is 6.05. The number of furan rings is 1. The second-order valence-corrected chi connectivity index (χ2v) is 7.04. The minimum Gasteiger partial charge on any atom is -0.465 e. The number of hydrogen-bond donors (Lipinski definition) is 2. The van der Waals surface area contributed by atoms with Crippen molar-refractivity contribution in [3.05, 3.63) is 60.6 Å². The number of carbonyl (C=O) groups is 2. The second-order valence-electron chi connectivity index (χ2n) is 7.04. The van der Waals surface area contributed by atoms with Crippen LogP contribution in [0.1, 0.15) is 58.1 Å². The van der Waals surface area contributed by atoms with Gasteiger partial charge in [-0.05, 0) is 43.2 Å². The Kier molecular flexibility index (Phi) is 8.68. The second kappa shape index (κ2) is 11.2. The van der Waals surface area contributed by atoms with E-state index in [9.17, 15) is 14.7 Å². The average Bonchev–Trinajstić information content (AvgIpc) is 3.27. The zero-order valence-electron chi connectivity index (χ0n) is 17.1. The van der Waals surface area contributed by atoms with E-state index >= 15 is 0 Å². The number of para-hydroxylation sites is 1. The Hall–Kier alpha value is -2.86. The molecule has 0 bridgehead atoms. The van der Waals surface area contributed by atoms with Gasteiger partial charge in [-0.25, -0.2) is 5.01 Å². The van der Waals surface area contributed by atoms with Crippen molar-refractivity contribution in [2.45, 2.75) is 58.0 Å². The zero-order valence-corrected chi connectivity index (χ0v) is 17.1. The molecule has 0 unspecified atom stereocenters. The summed E-state index contributed by atoms with van der Waals surface area (Å²) in [6.07, 6.45) is 8.28. The molecule has 0 atom stereocenters. The van der Waals surface area contributed by atoms with E-state index in [0.717, 1.165) is 30.7 Å². The van der Waals surface area contributed by atoms with E-state index in [1.165, 1.54) is 18.4 Å². The van der Waals surface area contributed by atoms with Crippen LogP contribution in [0, 0.1) is 0 Å². The predicted octanol–water partition coefficient (Wildman–Crippen LogP) is 4.47. The number of unbranched alkanes of at least 4 members (excludes halogenated alkanes) is 2. The third-order valence-electron chi connectivity index (χ3n) is 4.69. The molecular formula is C23H30N2O4. The lowest BCUT2D eigenvalue weighted by molar-refractivity contribution is -0.142. The number of nitrogens with one attached hydrogen (secondary N) is 1. The molecule has 0 spiro atoms. The number of rotatable bonds is 10. The number of carbonyl (C=O) groups excluding carboxylic acids is 2. The smallest absolute Gasteiger partial charge is 0.270 e. The number of hydrogen-bond acceptors (Lipinski definition) is 4. The molecule has 6 heteroatoms. The van der Waals surface area contributed by atoms with Crippen molar-refractivity contribution >= 4 is 23.6 Å². The molecule has 0 fully saturated rings. The Bertz CT molecular complexity index is 776. The lowest BCUT2D eigenvalue weighted by Crippen LogP contribution is -2.55. The molecule has 1 aromatic heterocycles. The quantitative estimate of drug-likeness (QED) is 0.457. The molecule has 29 heavy (non-hydrogen) atoms. The maximum Gasteiger partial charge on any atom is 0.270 e. The van der Waals surface area contributed by atoms with Crippen LogP contribution >= 0.6 is 0 Å². The summed E-state index contributed by atoms with van der Waals surface area (Å²) in [6.45, 7) is 4.02. The molecular weight excluding hydrogens is 368 g/mol. The Labute approximate surface area is 172 Å². The standard InChI is InChI=1S/C23H30N2O4/c1-3-5-16-23(28,17-6-4-2)22(27)24-25(19-11-8-7-9-12-19)21(26)15-14-20-13-10-18-29-20/h7-15,18,28H,3-6,16-17H2,1-2H3,(H,24,27)/b15-14-. The minimum absolute atomic E-state index is 0.356. The van der Waals surface area contributed by atoms with Crippen LogP contribution in [0.25, 0.3) is 6.08 Å². The first-order valence-corrected chi connectivity index (χ1v) is 10.1. The van der Waals surface area contributed by atoms with Crippen LogP contribution < -0.4 is 10.4 Å². The number of amides is 2. The number of anilines is 1. The minimum atomic E-state index is -1.51. The van der Waals surface area contributed by atoms with Gasteiger partial charge in [0.2, 0.25) is 0 Å². The molecule has 6 nitrogen and oxygen atoms in total. The van der Waals surface area contributed by atoms with Crippen LogP contribution in [0.5, 0.6) is 0 Å². The lowest BCUT2D eigenvalue weighted by Gasteiger charge is -2.31. The molecule has 0 aliphatic rings. The first-order valence-electron chi connectivity index (χ1n) is 10.1. The van der Waals surface area contributed by atoms with Crippen molar-refractivity contribution in [2.24, 2.45) is 0 Å². The van der Waals surface area contributed by atoms with Crippen molar-refractivity contribution in [1.82, 2.24) is 5.43 Å². The van der Waals surface area contributed by atoms with Crippen molar-refractivity contribution < 1.29 is 19.1 Å². The molecule has 2 N–H and O–H groups in total. The van der Waals surface area contributed by atoms with Gasteiger partial charge in [-0.3, -0.25) is 15.0 Å².